The van der Waals surface area contributed by atoms with Gasteiger partial charge in [-0.05, 0) is 44.2 Å². The van der Waals surface area contributed by atoms with E-state index < -0.39 is 0 Å². The summed E-state index contributed by atoms with van der Waals surface area (Å²) in [6.45, 7) is 1.58. The monoisotopic (exact) mass is 232 g/mol. The summed E-state index contributed by atoms with van der Waals surface area (Å²) >= 11 is 0. The predicted molar refractivity (Wildman–Crippen MR) is 67.2 cm³/mol. The average molecular weight is 232 g/mol. The lowest BCUT2D eigenvalue weighted by Gasteiger charge is -2.11. The number of rotatable bonds is 4. The van der Waals surface area contributed by atoms with Crippen LogP contribution in [0.3, 0.4) is 0 Å². The van der Waals surface area contributed by atoms with E-state index in [4.69, 9.17) is 0 Å². The summed E-state index contributed by atoms with van der Waals surface area (Å²) in [5, 5.41) is 13.4. The van der Waals surface area contributed by atoms with Gasteiger partial charge in [0.1, 0.15) is 11.5 Å². The Morgan fingerprint density at radius 1 is 1.53 bits per heavy atom. The van der Waals surface area contributed by atoms with Crippen LogP contribution in [0, 0.1) is 0 Å². The van der Waals surface area contributed by atoms with E-state index >= 15 is 0 Å². The van der Waals surface area contributed by atoms with Crippen LogP contribution in [0.2, 0.25) is 0 Å². The first-order valence-corrected chi connectivity index (χ1v) is 5.58. The summed E-state index contributed by atoms with van der Waals surface area (Å²) in [5.41, 5.74) is 2.00. The zero-order chi connectivity index (χ0) is 12.4. The van der Waals surface area contributed by atoms with Crippen LogP contribution in [0.5, 0.6) is 5.75 Å². The molecule has 1 aromatic heterocycles. The highest BCUT2D eigenvalue weighted by molar-refractivity contribution is 5.86. The van der Waals surface area contributed by atoms with E-state index in [1.165, 1.54) is 0 Å². The number of likely N-dealkylation sites (N-methyl/N-ethyl adjacent to an activating group) is 1. The molecule has 0 amide bonds. The topological polar surface area (TPSA) is 65.1 Å². The van der Waals surface area contributed by atoms with Gasteiger partial charge in [-0.25, -0.2) is 0 Å². The zero-order valence-electron chi connectivity index (χ0n) is 9.95. The molecule has 2 aromatic rings. The number of aromatic nitrogens is 1. The van der Waals surface area contributed by atoms with Gasteiger partial charge >= 0.3 is 0 Å². The van der Waals surface area contributed by atoms with Gasteiger partial charge in [0, 0.05) is 17.1 Å². The van der Waals surface area contributed by atoms with E-state index in [2.05, 4.69) is 10.3 Å². The molecule has 90 valence electrons. The fourth-order valence-electron chi connectivity index (χ4n) is 2.00. The average Bonchev–Trinajstić information content (AvgIpc) is 2.68. The minimum absolute atomic E-state index is 0.113. The molecule has 0 saturated carbocycles. The second-order valence-electron chi connectivity index (χ2n) is 4.20. The van der Waals surface area contributed by atoms with Crippen LogP contribution < -0.4 is 5.32 Å². The lowest BCUT2D eigenvalue weighted by molar-refractivity contribution is -0.118. The second kappa shape index (κ2) is 4.59. The maximum Gasteiger partial charge on any atom is 0.147 e. The van der Waals surface area contributed by atoms with E-state index in [9.17, 15) is 9.90 Å². The van der Waals surface area contributed by atoms with E-state index in [0.29, 0.717) is 6.42 Å². The first-order valence-electron chi connectivity index (χ1n) is 5.58. The van der Waals surface area contributed by atoms with Gasteiger partial charge < -0.3 is 15.4 Å². The molecular formula is C13H16N2O2. The number of H-pyrrole nitrogens is 1. The number of benzene rings is 1. The number of phenols is 1. The van der Waals surface area contributed by atoms with E-state index in [-0.39, 0.29) is 17.6 Å². The molecule has 1 atom stereocenters. The summed E-state index contributed by atoms with van der Waals surface area (Å²) in [5.74, 6) is 0.351. The number of ketones is 1. The molecule has 1 aromatic carbocycles. The van der Waals surface area contributed by atoms with Gasteiger partial charge in [0.15, 0.2) is 0 Å². The molecule has 0 aliphatic rings. The number of aromatic amines is 1. The van der Waals surface area contributed by atoms with Gasteiger partial charge in [-0.1, -0.05) is 0 Å². The van der Waals surface area contributed by atoms with Gasteiger partial charge in [0.25, 0.3) is 0 Å². The van der Waals surface area contributed by atoms with Crippen molar-refractivity contribution in [1.29, 1.82) is 0 Å². The summed E-state index contributed by atoms with van der Waals surface area (Å²) in [4.78, 5) is 14.5. The summed E-state index contributed by atoms with van der Waals surface area (Å²) in [6, 6.07) is 5.00. The number of nitrogens with one attached hydrogen (secondary N) is 2. The third kappa shape index (κ3) is 2.31. The van der Waals surface area contributed by atoms with Gasteiger partial charge in [0.2, 0.25) is 0 Å². The Balaban J connectivity index is 2.35. The standard InChI is InChI=1S/C13H16N2O2/c1-8(16)13(14-2)5-9-7-15-12-4-3-10(17)6-11(9)12/h3-4,6-7,13-15,17H,5H2,1-2H3/t13-/m0/s1. The van der Waals surface area contributed by atoms with Gasteiger partial charge in [0.05, 0.1) is 6.04 Å². The Hall–Kier alpha value is -1.81. The van der Waals surface area contributed by atoms with Crippen molar-refractivity contribution in [1.82, 2.24) is 10.3 Å². The Morgan fingerprint density at radius 3 is 2.94 bits per heavy atom. The number of hydrogen-bond acceptors (Lipinski definition) is 3. The molecule has 17 heavy (non-hydrogen) atoms. The fourth-order valence-corrected chi connectivity index (χ4v) is 2.00. The van der Waals surface area contributed by atoms with Crippen molar-refractivity contribution in [3.8, 4) is 5.75 Å². The Kier molecular flexibility index (Phi) is 3.15. The van der Waals surface area contributed by atoms with Gasteiger partial charge in [-0.2, -0.15) is 0 Å². The largest absolute Gasteiger partial charge is 0.508 e. The number of carbonyl (C=O) groups excluding carboxylic acids is 1. The number of phenolic OH excluding ortho intramolecular Hbond substituents is 1. The van der Waals surface area contributed by atoms with Crippen molar-refractivity contribution in [2.24, 2.45) is 0 Å². The first-order chi connectivity index (χ1) is 8.11. The minimum atomic E-state index is -0.184. The predicted octanol–water partition coefficient (Wildman–Crippen LogP) is 1.59. The molecule has 0 saturated heterocycles. The molecule has 0 fully saturated rings. The summed E-state index contributed by atoms with van der Waals surface area (Å²) < 4.78 is 0. The Bertz CT molecular complexity index is 545. The van der Waals surface area contributed by atoms with E-state index in [0.717, 1.165) is 16.5 Å². The normalized spacial score (nSPS) is 12.8. The van der Waals surface area contributed by atoms with Crippen LogP contribution in [0.25, 0.3) is 10.9 Å². The molecule has 0 bridgehead atoms. The number of carbonyl (C=O) groups is 1. The van der Waals surface area contributed by atoms with Crippen LogP contribution >= 0.6 is 0 Å². The summed E-state index contributed by atoms with van der Waals surface area (Å²) in [6.07, 6.45) is 2.51. The minimum Gasteiger partial charge on any atom is -0.508 e. The second-order valence-corrected chi connectivity index (χ2v) is 4.20. The SMILES string of the molecule is CN[C@@H](Cc1c[nH]c2ccc(O)cc12)C(C)=O. The molecule has 3 N–H and O–H groups in total. The molecule has 0 aliphatic carbocycles. The van der Waals surface area contributed by atoms with Crippen molar-refractivity contribution >= 4 is 16.7 Å². The van der Waals surface area contributed by atoms with Gasteiger partial charge in [-0.15, -0.1) is 0 Å². The molecule has 0 unspecified atom stereocenters. The molecule has 0 radical (unpaired) electrons. The molecular weight excluding hydrogens is 216 g/mol. The number of aromatic hydroxyl groups is 1. The third-order valence-corrected chi connectivity index (χ3v) is 3.01. The smallest absolute Gasteiger partial charge is 0.147 e. The highest BCUT2D eigenvalue weighted by Crippen LogP contribution is 2.23. The zero-order valence-corrected chi connectivity index (χ0v) is 9.95. The van der Waals surface area contributed by atoms with E-state index in [1.807, 2.05) is 12.3 Å². The van der Waals surface area contributed by atoms with Crippen molar-refractivity contribution in [3.63, 3.8) is 0 Å². The lowest BCUT2D eigenvalue weighted by Crippen LogP contribution is -2.34. The maximum absolute atomic E-state index is 11.4. The lowest BCUT2D eigenvalue weighted by atomic mass is 10.0. The Labute approximate surface area is 99.7 Å². The van der Waals surface area contributed by atoms with Crippen LogP contribution in [0.15, 0.2) is 24.4 Å². The maximum atomic E-state index is 11.4. The molecule has 2 rings (SSSR count). The Morgan fingerprint density at radius 2 is 2.29 bits per heavy atom. The number of fused-ring (bicyclic) bond motifs is 1. The first kappa shape index (κ1) is 11.7. The number of hydrogen-bond donors (Lipinski definition) is 3. The number of Topliss-reactive ketones (excluding diaryl/α,β-unsaturated/α-hetero) is 1. The molecule has 0 spiro atoms. The van der Waals surface area contributed by atoms with E-state index in [1.54, 1.807) is 26.1 Å². The van der Waals surface area contributed by atoms with Crippen molar-refractivity contribution in [2.45, 2.75) is 19.4 Å². The van der Waals surface area contributed by atoms with Crippen LogP contribution in [-0.2, 0) is 11.2 Å². The fraction of sp³-hybridized carbons (Fsp3) is 0.308. The molecule has 1 heterocycles. The van der Waals surface area contributed by atoms with Crippen molar-refractivity contribution in [3.05, 3.63) is 30.0 Å². The quantitative estimate of drug-likeness (QED) is 0.750. The molecule has 0 aliphatic heterocycles. The van der Waals surface area contributed by atoms with Gasteiger partial charge in [-0.3, -0.25) is 4.79 Å². The summed E-state index contributed by atoms with van der Waals surface area (Å²) in [7, 11) is 1.78. The molecule has 4 nitrogen and oxygen atoms in total. The highest BCUT2D eigenvalue weighted by Gasteiger charge is 2.14. The third-order valence-electron chi connectivity index (χ3n) is 3.01. The highest BCUT2D eigenvalue weighted by atomic mass is 16.3. The van der Waals surface area contributed by atoms with Crippen molar-refractivity contribution < 1.29 is 9.90 Å². The van der Waals surface area contributed by atoms with Crippen LogP contribution in [0.4, 0.5) is 0 Å². The van der Waals surface area contributed by atoms with Crippen molar-refractivity contribution in [2.75, 3.05) is 7.05 Å². The van der Waals surface area contributed by atoms with Crippen LogP contribution in [0.1, 0.15) is 12.5 Å². The van der Waals surface area contributed by atoms with Crippen LogP contribution in [-0.4, -0.2) is 29.0 Å². The molecule has 4 heteroatoms.